The fraction of sp³-hybridized carbons (Fsp3) is 0.0417. The van der Waals surface area contributed by atoms with Crippen LogP contribution in [0.15, 0.2) is 80.7 Å². The highest BCUT2D eigenvalue weighted by Crippen LogP contribution is 2.25. The lowest BCUT2D eigenvalue weighted by molar-refractivity contribution is -0.384. The van der Waals surface area contributed by atoms with Crippen molar-refractivity contribution in [2.45, 2.75) is 6.61 Å². The van der Waals surface area contributed by atoms with Crippen molar-refractivity contribution in [3.8, 4) is 5.75 Å². The third kappa shape index (κ3) is 5.71. The molecule has 0 aliphatic rings. The summed E-state index contributed by atoms with van der Waals surface area (Å²) in [6.45, 7) is 0.194. The summed E-state index contributed by atoms with van der Waals surface area (Å²) in [6.07, 6.45) is 1.40. The standard InChI is InChI=1S/C24H16BrN3O7/c25-18-5-7-20(34-13-14-1-3-15(4-2-14)24(30)31)17(9-18)12-26-27-23(29)22-11-16-10-19(28(32)33)6-8-21(16)35-22/h1-12H,13H2,(H,27,29)(H,30,31)/b26-12+. The molecule has 0 aliphatic heterocycles. The molecule has 0 spiro atoms. The number of rotatable bonds is 8. The van der Waals surface area contributed by atoms with Crippen LogP contribution in [0.1, 0.15) is 32.0 Å². The van der Waals surface area contributed by atoms with Gasteiger partial charge in [-0.3, -0.25) is 14.9 Å². The number of aromatic carboxylic acids is 1. The van der Waals surface area contributed by atoms with Crippen molar-refractivity contribution in [1.82, 2.24) is 5.43 Å². The first kappa shape index (κ1) is 23.6. The normalized spacial score (nSPS) is 11.0. The van der Waals surface area contributed by atoms with Gasteiger partial charge in [0.15, 0.2) is 5.76 Å². The minimum absolute atomic E-state index is 0.0480. The SMILES string of the molecule is O=C(O)c1ccc(COc2ccc(Br)cc2/C=N/NC(=O)c2cc3cc([N+](=O)[O-])ccc3o2)cc1. The van der Waals surface area contributed by atoms with Crippen molar-refractivity contribution < 1.29 is 28.8 Å². The number of carboxylic acids is 1. The molecule has 0 saturated carbocycles. The van der Waals surface area contributed by atoms with Crippen LogP contribution in [0, 0.1) is 10.1 Å². The summed E-state index contributed by atoms with van der Waals surface area (Å²) >= 11 is 3.38. The molecule has 0 radical (unpaired) electrons. The van der Waals surface area contributed by atoms with Gasteiger partial charge in [-0.05, 0) is 48.0 Å². The highest BCUT2D eigenvalue weighted by atomic mass is 79.9. The van der Waals surface area contributed by atoms with E-state index in [2.05, 4.69) is 26.5 Å². The van der Waals surface area contributed by atoms with Crippen LogP contribution in [0.25, 0.3) is 11.0 Å². The first-order chi connectivity index (χ1) is 16.8. The van der Waals surface area contributed by atoms with Crippen molar-refractivity contribution in [2.75, 3.05) is 0 Å². The molecular formula is C24H16BrN3O7. The van der Waals surface area contributed by atoms with Gasteiger partial charge in [0.05, 0.1) is 16.7 Å². The third-order valence-corrected chi connectivity index (χ3v) is 5.36. The predicted molar refractivity (Wildman–Crippen MR) is 130 cm³/mol. The van der Waals surface area contributed by atoms with Gasteiger partial charge in [-0.15, -0.1) is 0 Å². The van der Waals surface area contributed by atoms with Gasteiger partial charge in [0.25, 0.3) is 5.69 Å². The van der Waals surface area contributed by atoms with E-state index in [4.69, 9.17) is 14.3 Å². The van der Waals surface area contributed by atoms with Crippen LogP contribution in [-0.2, 0) is 6.61 Å². The fourth-order valence-corrected chi connectivity index (χ4v) is 3.51. The van der Waals surface area contributed by atoms with E-state index in [0.29, 0.717) is 22.3 Å². The molecule has 10 nitrogen and oxygen atoms in total. The fourth-order valence-electron chi connectivity index (χ4n) is 3.13. The minimum atomic E-state index is -1.00. The first-order valence-corrected chi connectivity index (χ1v) is 10.9. The topological polar surface area (TPSA) is 144 Å². The molecule has 1 amide bonds. The second kappa shape index (κ2) is 10.2. The Morgan fingerprint density at radius 3 is 2.60 bits per heavy atom. The minimum Gasteiger partial charge on any atom is -0.488 e. The molecule has 0 fully saturated rings. The molecule has 4 rings (SSSR count). The van der Waals surface area contributed by atoms with Crippen LogP contribution >= 0.6 is 15.9 Å². The lowest BCUT2D eigenvalue weighted by Crippen LogP contribution is -2.16. The van der Waals surface area contributed by atoms with Crippen LogP contribution in [-0.4, -0.2) is 28.1 Å². The number of nitro benzene ring substituents is 1. The number of hydrogen-bond donors (Lipinski definition) is 2. The van der Waals surface area contributed by atoms with E-state index in [1.54, 1.807) is 30.3 Å². The van der Waals surface area contributed by atoms with Crippen molar-refractivity contribution in [3.63, 3.8) is 0 Å². The first-order valence-electron chi connectivity index (χ1n) is 10.1. The number of ether oxygens (including phenoxy) is 1. The lowest BCUT2D eigenvalue weighted by Gasteiger charge is -2.10. The molecule has 0 unspecified atom stereocenters. The molecule has 35 heavy (non-hydrogen) atoms. The molecule has 1 heterocycles. The summed E-state index contributed by atoms with van der Waals surface area (Å²) in [5.74, 6) is -1.19. The number of carbonyl (C=O) groups is 2. The molecule has 3 aromatic carbocycles. The number of nitrogens with zero attached hydrogens (tertiary/aromatic N) is 2. The molecule has 176 valence electrons. The van der Waals surface area contributed by atoms with Crippen LogP contribution in [0.2, 0.25) is 0 Å². The Bertz CT molecular complexity index is 1460. The zero-order chi connectivity index (χ0) is 24.9. The summed E-state index contributed by atoms with van der Waals surface area (Å²) in [7, 11) is 0. The Morgan fingerprint density at radius 2 is 1.89 bits per heavy atom. The zero-order valence-electron chi connectivity index (χ0n) is 17.8. The summed E-state index contributed by atoms with van der Waals surface area (Å²) in [5, 5.41) is 24.3. The van der Waals surface area contributed by atoms with Crippen LogP contribution in [0.3, 0.4) is 0 Å². The van der Waals surface area contributed by atoms with Gasteiger partial charge < -0.3 is 14.3 Å². The Labute approximate surface area is 206 Å². The van der Waals surface area contributed by atoms with E-state index < -0.39 is 16.8 Å². The Hall–Kier alpha value is -4.51. The highest BCUT2D eigenvalue weighted by molar-refractivity contribution is 9.10. The molecule has 0 saturated heterocycles. The zero-order valence-corrected chi connectivity index (χ0v) is 19.4. The molecule has 11 heteroatoms. The van der Waals surface area contributed by atoms with Gasteiger partial charge in [-0.2, -0.15) is 5.10 Å². The van der Waals surface area contributed by atoms with E-state index in [1.165, 1.54) is 42.6 Å². The third-order valence-electron chi connectivity index (χ3n) is 4.87. The number of fused-ring (bicyclic) bond motifs is 1. The maximum Gasteiger partial charge on any atom is 0.335 e. The summed E-state index contributed by atoms with van der Waals surface area (Å²) < 4.78 is 12.1. The maximum absolute atomic E-state index is 12.4. The van der Waals surface area contributed by atoms with Crippen LogP contribution in [0.4, 0.5) is 5.69 Å². The van der Waals surface area contributed by atoms with E-state index in [9.17, 15) is 19.7 Å². The van der Waals surface area contributed by atoms with Crippen molar-refractivity contribution in [3.05, 3.63) is 104 Å². The number of benzene rings is 3. The molecule has 2 N–H and O–H groups in total. The lowest BCUT2D eigenvalue weighted by atomic mass is 10.1. The van der Waals surface area contributed by atoms with E-state index >= 15 is 0 Å². The molecule has 0 aliphatic carbocycles. The van der Waals surface area contributed by atoms with Crippen molar-refractivity contribution in [1.29, 1.82) is 0 Å². The average molecular weight is 538 g/mol. The summed E-state index contributed by atoms with van der Waals surface area (Å²) in [6, 6.07) is 17.0. The summed E-state index contributed by atoms with van der Waals surface area (Å²) in [5.41, 5.74) is 4.12. The number of halogens is 1. The number of nitro groups is 1. The monoisotopic (exact) mass is 537 g/mol. The number of hydrazone groups is 1. The van der Waals surface area contributed by atoms with Gasteiger partial charge in [0, 0.05) is 27.6 Å². The molecule has 1 aromatic heterocycles. The largest absolute Gasteiger partial charge is 0.488 e. The van der Waals surface area contributed by atoms with Crippen LogP contribution < -0.4 is 10.2 Å². The van der Waals surface area contributed by atoms with E-state index in [-0.39, 0.29) is 23.6 Å². The summed E-state index contributed by atoms with van der Waals surface area (Å²) in [4.78, 5) is 33.8. The second-order valence-electron chi connectivity index (χ2n) is 7.26. The van der Waals surface area contributed by atoms with E-state index in [1.807, 2.05) is 0 Å². The number of nitrogens with one attached hydrogen (secondary N) is 1. The maximum atomic E-state index is 12.4. The van der Waals surface area contributed by atoms with Gasteiger partial charge in [-0.1, -0.05) is 28.1 Å². The Balaban J connectivity index is 1.44. The average Bonchev–Trinajstić information content (AvgIpc) is 3.27. The molecular weight excluding hydrogens is 522 g/mol. The molecule has 0 bridgehead atoms. The number of amides is 1. The Morgan fingerprint density at radius 1 is 1.11 bits per heavy atom. The number of non-ortho nitro benzene ring substituents is 1. The van der Waals surface area contributed by atoms with E-state index in [0.717, 1.165) is 10.0 Å². The Kier molecular flexibility index (Phi) is 6.88. The van der Waals surface area contributed by atoms with Crippen molar-refractivity contribution in [2.24, 2.45) is 5.10 Å². The highest BCUT2D eigenvalue weighted by Gasteiger charge is 2.15. The smallest absolute Gasteiger partial charge is 0.335 e. The molecule has 0 atom stereocenters. The predicted octanol–water partition coefficient (Wildman–Crippen LogP) is 5.14. The van der Waals surface area contributed by atoms with Gasteiger partial charge >= 0.3 is 11.9 Å². The second-order valence-corrected chi connectivity index (χ2v) is 8.18. The number of carbonyl (C=O) groups excluding carboxylic acids is 1. The number of hydrogen-bond acceptors (Lipinski definition) is 7. The molecule has 4 aromatic rings. The van der Waals surface area contributed by atoms with Crippen molar-refractivity contribution >= 4 is 50.7 Å². The number of carboxylic acid groups (broad SMARTS) is 1. The van der Waals surface area contributed by atoms with Gasteiger partial charge in [-0.25, -0.2) is 10.2 Å². The van der Waals surface area contributed by atoms with Gasteiger partial charge in [0.1, 0.15) is 17.9 Å². The van der Waals surface area contributed by atoms with Gasteiger partial charge in [0.2, 0.25) is 0 Å². The number of furan rings is 1. The van der Waals surface area contributed by atoms with Crippen LogP contribution in [0.5, 0.6) is 5.75 Å². The quantitative estimate of drug-likeness (QED) is 0.179.